The first-order valence-electron chi connectivity index (χ1n) is 8.34. The van der Waals surface area contributed by atoms with Crippen LogP contribution in [-0.2, 0) is 0 Å². The summed E-state index contributed by atoms with van der Waals surface area (Å²) >= 11 is 0. The van der Waals surface area contributed by atoms with Crippen LogP contribution in [0.2, 0.25) is 0 Å². The van der Waals surface area contributed by atoms with Crippen molar-refractivity contribution in [2.45, 2.75) is 12.8 Å². The Kier molecular flexibility index (Phi) is 6.62. The van der Waals surface area contributed by atoms with Crippen LogP contribution >= 0.6 is 0 Å². The van der Waals surface area contributed by atoms with Gasteiger partial charge in [0.05, 0.1) is 0 Å². The molecule has 0 spiro atoms. The smallest absolute Gasteiger partial charge is 0.150 e. The molecule has 0 heterocycles. The van der Waals surface area contributed by atoms with Crippen molar-refractivity contribution in [3.8, 4) is 0 Å². The average Bonchev–Trinajstić information content (AvgIpc) is 2.65. The third kappa shape index (κ3) is 4.98. The predicted octanol–water partition coefficient (Wildman–Crippen LogP) is 4.49. The highest BCUT2D eigenvalue weighted by molar-refractivity contribution is 5.75. The summed E-state index contributed by atoms with van der Waals surface area (Å²) in [6.07, 6.45) is 5.00. The molecule has 2 rings (SSSR count). The lowest BCUT2D eigenvalue weighted by Gasteiger charge is -2.22. The van der Waals surface area contributed by atoms with Crippen molar-refractivity contribution >= 4 is 23.7 Å². The van der Waals surface area contributed by atoms with Crippen LogP contribution in [0.1, 0.15) is 28.8 Å². The SMILES string of the molecule is C=Cc1ccc(N(C)CCCCN(C)c2ccc(C=O)cc2)cc1. The van der Waals surface area contributed by atoms with Crippen molar-refractivity contribution < 1.29 is 4.79 Å². The highest BCUT2D eigenvalue weighted by atomic mass is 16.1. The standard InChI is InChI=1S/C21H26N2O/c1-4-18-7-11-20(12-8-18)22(2)15-5-6-16-23(3)21-13-9-19(17-24)10-14-21/h4,7-14,17H,1,5-6,15-16H2,2-3H3. The second-order valence-corrected chi connectivity index (χ2v) is 6.06. The van der Waals surface area contributed by atoms with E-state index in [1.807, 2.05) is 30.3 Å². The first kappa shape index (κ1) is 17.8. The zero-order valence-corrected chi connectivity index (χ0v) is 14.6. The molecule has 0 unspecified atom stereocenters. The van der Waals surface area contributed by atoms with E-state index >= 15 is 0 Å². The molecule has 0 bridgehead atoms. The maximum Gasteiger partial charge on any atom is 0.150 e. The molecular formula is C21H26N2O. The largest absolute Gasteiger partial charge is 0.375 e. The maximum atomic E-state index is 10.7. The van der Waals surface area contributed by atoms with Gasteiger partial charge in [0.15, 0.2) is 0 Å². The molecule has 0 aliphatic heterocycles. The number of carbonyl (C=O) groups excluding carboxylic acids is 1. The number of nitrogens with zero attached hydrogens (tertiary/aromatic N) is 2. The number of carbonyl (C=O) groups is 1. The van der Waals surface area contributed by atoms with Crippen LogP contribution in [0.4, 0.5) is 11.4 Å². The van der Waals surface area contributed by atoms with Crippen molar-refractivity contribution in [3.63, 3.8) is 0 Å². The van der Waals surface area contributed by atoms with E-state index in [1.165, 1.54) is 5.69 Å². The van der Waals surface area contributed by atoms with Crippen LogP contribution in [0.3, 0.4) is 0 Å². The first-order valence-corrected chi connectivity index (χ1v) is 8.34. The molecule has 24 heavy (non-hydrogen) atoms. The van der Waals surface area contributed by atoms with E-state index in [1.54, 1.807) is 0 Å². The molecule has 0 aliphatic carbocycles. The molecule has 0 aliphatic rings. The van der Waals surface area contributed by atoms with Gasteiger partial charge in [0.25, 0.3) is 0 Å². The first-order chi connectivity index (χ1) is 11.6. The van der Waals surface area contributed by atoms with Gasteiger partial charge in [-0.3, -0.25) is 4.79 Å². The molecular weight excluding hydrogens is 296 g/mol. The van der Waals surface area contributed by atoms with Crippen molar-refractivity contribution in [2.75, 3.05) is 37.0 Å². The molecule has 3 heteroatoms. The molecule has 2 aromatic carbocycles. The Morgan fingerprint density at radius 3 is 1.58 bits per heavy atom. The van der Waals surface area contributed by atoms with Crippen molar-refractivity contribution in [2.24, 2.45) is 0 Å². The lowest BCUT2D eigenvalue weighted by atomic mass is 10.2. The van der Waals surface area contributed by atoms with Crippen LogP contribution in [0.15, 0.2) is 55.1 Å². The fourth-order valence-electron chi connectivity index (χ4n) is 2.63. The molecule has 0 atom stereocenters. The second-order valence-electron chi connectivity index (χ2n) is 6.06. The fourth-order valence-corrected chi connectivity index (χ4v) is 2.63. The second kappa shape index (κ2) is 8.92. The van der Waals surface area contributed by atoms with Gasteiger partial charge in [-0.1, -0.05) is 24.8 Å². The molecule has 0 aromatic heterocycles. The Balaban J connectivity index is 1.74. The van der Waals surface area contributed by atoms with Crippen LogP contribution in [0.25, 0.3) is 6.08 Å². The van der Waals surface area contributed by atoms with Gasteiger partial charge in [0.1, 0.15) is 6.29 Å². The molecule has 2 aromatic rings. The number of rotatable bonds is 9. The Labute approximate surface area is 145 Å². The molecule has 0 radical (unpaired) electrons. The third-order valence-corrected chi connectivity index (χ3v) is 4.28. The maximum absolute atomic E-state index is 10.7. The lowest BCUT2D eigenvalue weighted by molar-refractivity contribution is 0.112. The van der Waals surface area contributed by atoms with Gasteiger partial charge in [0, 0.05) is 44.1 Å². The summed E-state index contributed by atoms with van der Waals surface area (Å²) in [6, 6.07) is 16.2. The number of hydrogen-bond acceptors (Lipinski definition) is 3. The highest BCUT2D eigenvalue weighted by Gasteiger charge is 2.03. The molecule has 0 fully saturated rings. The number of anilines is 2. The number of hydrogen-bond donors (Lipinski definition) is 0. The average molecular weight is 322 g/mol. The summed E-state index contributed by atoms with van der Waals surface area (Å²) in [6.45, 7) is 5.82. The zero-order valence-electron chi connectivity index (χ0n) is 14.6. The summed E-state index contributed by atoms with van der Waals surface area (Å²) in [7, 11) is 4.22. The van der Waals surface area contributed by atoms with E-state index in [0.717, 1.165) is 49.0 Å². The normalized spacial score (nSPS) is 10.2. The Bertz CT molecular complexity index is 587. The van der Waals surface area contributed by atoms with Gasteiger partial charge in [0.2, 0.25) is 0 Å². The van der Waals surface area contributed by atoms with Gasteiger partial charge >= 0.3 is 0 Å². The van der Waals surface area contributed by atoms with E-state index < -0.39 is 0 Å². The van der Waals surface area contributed by atoms with Gasteiger partial charge in [-0.05, 0) is 54.8 Å². The van der Waals surface area contributed by atoms with E-state index in [-0.39, 0.29) is 0 Å². The van der Waals surface area contributed by atoms with E-state index in [9.17, 15) is 4.79 Å². The number of benzene rings is 2. The van der Waals surface area contributed by atoms with E-state index in [4.69, 9.17) is 0 Å². The minimum Gasteiger partial charge on any atom is -0.375 e. The molecule has 0 N–H and O–H groups in total. The highest BCUT2D eigenvalue weighted by Crippen LogP contribution is 2.16. The summed E-state index contributed by atoms with van der Waals surface area (Å²) in [5.41, 5.74) is 4.25. The molecule has 0 saturated carbocycles. The van der Waals surface area contributed by atoms with Crippen LogP contribution < -0.4 is 9.80 Å². The van der Waals surface area contributed by atoms with Crippen LogP contribution in [0, 0.1) is 0 Å². The summed E-state index contributed by atoms with van der Waals surface area (Å²) in [4.78, 5) is 15.2. The predicted molar refractivity (Wildman–Crippen MR) is 104 cm³/mol. The van der Waals surface area contributed by atoms with Crippen molar-refractivity contribution in [3.05, 3.63) is 66.2 Å². The van der Waals surface area contributed by atoms with E-state index in [0.29, 0.717) is 0 Å². The monoisotopic (exact) mass is 322 g/mol. The quantitative estimate of drug-likeness (QED) is 0.502. The number of unbranched alkanes of at least 4 members (excludes halogenated alkanes) is 1. The van der Waals surface area contributed by atoms with Gasteiger partial charge in [-0.25, -0.2) is 0 Å². The minimum atomic E-state index is 0.719. The van der Waals surface area contributed by atoms with Crippen LogP contribution in [0.5, 0.6) is 0 Å². The molecule has 0 amide bonds. The summed E-state index contributed by atoms with van der Waals surface area (Å²) < 4.78 is 0. The van der Waals surface area contributed by atoms with Crippen molar-refractivity contribution in [1.29, 1.82) is 0 Å². The molecule has 126 valence electrons. The van der Waals surface area contributed by atoms with Gasteiger partial charge < -0.3 is 9.80 Å². The summed E-state index contributed by atoms with van der Waals surface area (Å²) in [5, 5.41) is 0. The van der Waals surface area contributed by atoms with E-state index in [2.05, 4.69) is 54.7 Å². The minimum absolute atomic E-state index is 0.719. The van der Waals surface area contributed by atoms with Gasteiger partial charge in [-0.2, -0.15) is 0 Å². The Hall–Kier alpha value is -2.55. The third-order valence-electron chi connectivity index (χ3n) is 4.28. The fraction of sp³-hybridized carbons (Fsp3) is 0.286. The zero-order chi connectivity index (χ0) is 17.4. The summed E-state index contributed by atoms with van der Waals surface area (Å²) in [5.74, 6) is 0. The van der Waals surface area contributed by atoms with Crippen molar-refractivity contribution in [1.82, 2.24) is 0 Å². The molecule has 3 nitrogen and oxygen atoms in total. The van der Waals surface area contributed by atoms with Crippen LogP contribution in [-0.4, -0.2) is 33.5 Å². The van der Waals surface area contributed by atoms with Gasteiger partial charge in [-0.15, -0.1) is 0 Å². The lowest BCUT2D eigenvalue weighted by Crippen LogP contribution is -2.22. The Morgan fingerprint density at radius 1 is 0.792 bits per heavy atom. The Morgan fingerprint density at radius 2 is 1.21 bits per heavy atom. The topological polar surface area (TPSA) is 23.6 Å². The number of aldehydes is 1. The molecule has 0 saturated heterocycles.